The number of rotatable bonds is 1. The Hall–Kier alpha value is 1.25. The summed E-state index contributed by atoms with van der Waals surface area (Å²) in [5.41, 5.74) is 5.58. The normalized spacial score (nSPS) is 36.7. The summed E-state index contributed by atoms with van der Waals surface area (Å²) in [5.74, 6) is 0. The van der Waals surface area contributed by atoms with Gasteiger partial charge in [-0.25, -0.2) is 8.42 Å². The maximum Gasteiger partial charge on any atom is 0.257 e. The summed E-state index contributed by atoms with van der Waals surface area (Å²) >= 11 is 7.53. The molecule has 1 aliphatic heterocycles. The lowest BCUT2D eigenvalue weighted by Gasteiger charge is -2.20. The van der Waals surface area contributed by atoms with Crippen LogP contribution in [-0.2, 0) is 9.05 Å². The minimum absolute atomic E-state index is 0.457. The predicted molar refractivity (Wildman–Crippen MR) is 59.0 cm³/mol. The minimum Gasteiger partial charge on any atom is -0.307 e. The third-order valence-corrected chi connectivity index (χ3v) is 6.83. The number of halogens is 3. The number of alkyl halides is 1. The third-order valence-electron chi connectivity index (χ3n) is 1.33. The Morgan fingerprint density at radius 3 is 2.42 bits per heavy atom. The van der Waals surface area contributed by atoms with E-state index in [2.05, 4.69) is 31.9 Å². The van der Waals surface area contributed by atoms with Gasteiger partial charge in [0.25, 0.3) is 9.05 Å². The average Bonchev–Trinajstić information content (AvgIpc) is 2.06. The van der Waals surface area contributed by atoms with Gasteiger partial charge in [-0.3, -0.25) is 0 Å². The molecule has 0 saturated carbocycles. The molecule has 2 N–H and O–H groups in total. The lowest BCUT2D eigenvalue weighted by molar-refractivity contribution is 0.583. The van der Waals surface area contributed by atoms with Crippen LogP contribution in [0.2, 0.25) is 0 Å². The minimum atomic E-state index is -3.81. The standard InChI is InChI=1S/C4H4Br2ClNO2S2/c5-2-1-4(8,3(6)11-2)12(7,9)10/h1,3H,8H2. The first kappa shape index (κ1) is 11.3. The van der Waals surface area contributed by atoms with E-state index in [0.717, 1.165) is 0 Å². The summed E-state index contributed by atoms with van der Waals surface area (Å²) < 4.78 is 22.3. The molecular weight excluding hydrogens is 353 g/mol. The van der Waals surface area contributed by atoms with E-state index in [1.54, 1.807) is 0 Å². The van der Waals surface area contributed by atoms with Crippen molar-refractivity contribution < 1.29 is 8.42 Å². The highest BCUT2D eigenvalue weighted by molar-refractivity contribution is 9.15. The van der Waals surface area contributed by atoms with Gasteiger partial charge < -0.3 is 5.73 Å². The van der Waals surface area contributed by atoms with Crippen molar-refractivity contribution in [1.82, 2.24) is 0 Å². The number of nitrogens with two attached hydrogens (primary N) is 1. The zero-order chi connectivity index (χ0) is 9.57. The van der Waals surface area contributed by atoms with Crippen LogP contribution in [-0.4, -0.2) is 17.4 Å². The smallest absolute Gasteiger partial charge is 0.257 e. The molecular formula is C4H4Br2ClNO2S2. The molecule has 2 atom stereocenters. The molecule has 0 aliphatic carbocycles. The fourth-order valence-electron chi connectivity index (χ4n) is 0.649. The second kappa shape index (κ2) is 3.43. The van der Waals surface area contributed by atoms with Crippen molar-refractivity contribution in [2.24, 2.45) is 5.73 Å². The fraction of sp³-hybridized carbons (Fsp3) is 0.500. The van der Waals surface area contributed by atoms with E-state index in [9.17, 15) is 8.42 Å². The van der Waals surface area contributed by atoms with Gasteiger partial charge in [-0.05, 0) is 22.0 Å². The predicted octanol–water partition coefficient (Wildman–Crippen LogP) is 1.91. The summed E-state index contributed by atoms with van der Waals surface area (Å²) in [5, 5.41) is 0. The first-order chi connectivity index (χ1) is 5.27. The van der Waals surface area contributed by atoms with Crippen LogP contribution in [0.3, 0.4) is 0 Å². The summed E-state index contributed by atoms with van der Waals surface area (Å²) in [6, 6.07) is 0. The quantitative estimate of drug-likeness (QED) is 0.575. The zero-order valence-corrected chi connectivity index (χ0v) is 11.1. The fourth-order valence-corrected chi connectivity index (χ4v) is 6.64. The van der Waals surface area contributed by atoms with Gasteiger partial charge in [-0.2, -0.15) is 0 Å². The van der Waals surface area contributed by atoms with Crippen LogP contribution in [0.5, 0.6) is 0 Å². The molecule has 1 aliphatic rings. The number of hydrogen-bond donors (Lipinski definition) is 1. The van der Waals surface area contributed by atoms with Crippen molar-refractivity contribution in [1.29, 1.82) is 0 Å². The molecule has 3 nitrogen and oxygen atoms in total. The lowest BCUT2D eigenvalue weighted by Crippen LogP contribution is -2.47. The van der Waals surface area contributed by atoms with Crippen LogP contribution >= 0.6 is 54.3 Å². The lowest BCUT2D eigenvalue weighted by atomic mass is 10.3. The van der Waals surface area contributed by atoms with Gasteiger partial charge in [-0.15, -0.1) is 11.8 Å². The van der Waals surface area contributed by atoms with Crippen LogP contribution in [0.1, 0.15) is 0 Å². The van der Waals surface area contributed by atoms with Crippen molar-refractivity contribution in [3.63, 3.8) is 0 Å². The highest BCUT2D eigenvalue weighted by Gasteiger charge is 2.48. The van der Waals surface area contributed by atoms with Gasteiger partial charge in [0, 0.05) is 10.7 Å². The molecule has 1 rings (SSSR count). The average molecular weight is 357 g/mol. The molecule has 0 spiro atoms. The van der Waals surface area contributed by atoms with Crippen LogP contribution < -0.4 is 5.73 Å². The van der Waals surface area contributed by atoms with Crippen LogP contribution in [0.25, 0.3) is 0 Å². The summed E-state index contributed by atoms with van der Waals surface area (Å²) in [7, 11) is 1.37. The largest absolute Gasteiger partial charge is 0.307 e. The van der Waals surface area contributed by atoms with Crippen LogP contribution in [0.15, 0.2) is 9.89 Å². The maximum absolute atomic E-state index is 11.0. The molecule has 0 radical (unpaired) electrons. The van der Waals surface area contributed by atoms with Crippen LogP contribution in [0.4, 0.5) is 0 Å². The second-order valence-electron chi connectivity index (χ2n) is 2.17. The van der Waals surface area contributed by atoms with E-state index in [4.69, 9.17) is 16.4 Å². The molecule has 0 saturated heterocycles. The second-order valence-corrected chi connectivity index (χ2v) is 9.02. The van der Waals surface area contributed by atoms with Crippen LogP contribution in [0, 0.1) is 0 Å². The van der Waals surface area contributed by atoms with E-state index in [-0.39, 0.29) is 0 Å². The Balaban J connectivity index is 3.17. The highest BCUT2D eigenvalue weighted by Crippen LogP contribution is 2.47. The first-order valence-electron chi connectivity index (χ1n) is 2.69. The van der Waals surface area contributed by atoms with Gasteiger partial charge in [0.2, 0.25) is 0 Å². The molecule has 12 heavy (non-hydrogen) atoms. The maximum atomic E-state index is 11.0. The Kier molecular flexibility index (Phi) is 3.24. The molecule has 0 aromatic carbocycles. The van der Waals surface area contributed by atoms with Crippen molar-refractivity contribution in [3.8, 4) is 0 Å². The van der Waals surface area contributed by atoms with Crippen molar-refractivity contribution in [2.75, 3.05) is 0 Å². The van der Waals surface area contributed by atoms with Crippen molar-refractivity contribution in [2.45, 2.75) is 9.03 Å². The van der Waals surface area contributed by atoms with Crippen molar-refractivity contribution in [3.05, 3.63) is 9.89 Å². The summed E-state index contributed by atoms with van der Waals surface area (Å²) in [6.45, 7) is 0. The summed E-state index contributed by atoms with van der Waals surface area (Å²) in [6.07, 6.45) is 1.37. The van der Waals surface area contributed by atoms with E-state index >= 15 is 0 Å². The first-order valence-corrected chi connectivity index (χ1v) is 7.59. The van der Waals surface area contributed by atoms with E-state index in [1.807, 2.05) is 0 Å². The topological polar surface area (TPSA) is 60.2 Å². The molecule has 0 aromatic rings. The third kappa shape index (κ3) is 1.85. The molecule has 70 valence electrons. The number of hydrogen-bond acceptors (Lipinski definition) is 4. The highest BCUT2D eigenvalue weighted by atomic mass is 79.9. The van der Waals surface area contributed by atoms with Gasteiger partial charge in [0.15, 0.2) is 4.87 Å². The Morgan fingerprint density at radius 2 is 2.25 bits per heavy atom. The Morgan fingerprint density at radius 1 is 1.75 bits per heavy atom. The molecule has 0 aromatic heterocycles. The van der Waals surface area contributed by atoms with Crippen molar-refractivity contribution >= 4 is 63.4 Å². The van der Waals surface area contributed by atoms with Gasteiger partial charge in [-0.1, -0.05) is 15.9 Å². The number of thioether (sulfide) groups is 1. The molecule has 0 fully saturated rings. The Bertz CT molecular complexity index is 330. The SMILES string of the molecule is NC1(S(=O)(=O)Cl)C=C(Br)SC1Br. The molecule has 0 amide bonds. The van der Waals surface area contributed by atoms with Gasteiger partial charge >= 0.3 is 0 Å². The van der Waals surface area contributed by atoms with E-state index in [1.165, 1.54) is 17.8 Å². The summed E-state index contributed by atoms with van der Waals surface area (Å²) in [4.78, 5) is -1.53. The molecule has 2 unspecified atom stereocenters. The van der Waals surface area contributed by atoms with Gasteiger partial charge in [0.05, 0.1) is 3.81 Å². The monoisotopic (exact) mass is 355 g/mol. The van der Waals surface area contributed by atoms with Gasteiger partial charge in [0.1, 0.15) is 4.16 Å². The van der Waals surface area contributed by atoms with E-state index < -0.39 is 18.1 Å². The van der Waals surface area contributed by atoms with E-state index in [0.29, 0.717) is 3.81 Å². The molecule has 1 heterocycles. The molecule has 8 heteroatoms. The zero-order valence-electron chi connectivity index (χ0n) is 5.50. The molecule has 0 bridgehead atoms. The Labute approximate surface area is 95.8 Å².